The summed E-state index contributed by atoms with van der Waals surface area (Å²) in [7, 11) is -2.05. The number of pyridine rings is 1. The van der Waals surface area contributed by atoms with E-state index in [1.165, 1.54) is 4.90 Å². The number of nitrogens with zero attached hydrogens (tertiary/aromatic N) is 3. The van der Waals surface area contributed by atoms with Gasteiger partial charge in [0.05, 0.1) is 23.9 Å². The molecule has 1 aromatic carbocycles. The smallest absolute Gasteiger partial charge is 0.410 e. The normalized spacial score (nSPS) is 14.9. The number of thioether (sulfide) groups is 1. The molecule has 1 aliphatic rings. The molecule has 9 nitrogen and oxygen atoms in total. The summed E-state index contributed by atoms with van der Waals surface area (Å²) < 4.78 is 41.5. The van der Waals surface area contributed by atoms with Gasteiger partial charge in [-0.15, -0.1) is 11.8 Å². The average Bonchev–Trinajstić information content (AvgIpc) is 3.11. The standard InChI is InChI=1S/C26H34N4O5S2/c1-25(2,3)35-24(31)29-14-19(15-29)37(32,33)28-18-10-8-9-17(11-18)20-13-27-23-12-21(34-7)22(16-30(20)23)36-26(4,5)6/h8-13,16,19,28H,14-15H2,1-7H3. The van der Waals surface area contributed by atoms with Crippen molar-refractivity contribution in [3.05, 3.63) is 42.7 Å². The Morgan fingerprint density at radius 3 is 2.46 bits per heavy atom. The van der Waals surface area contributed by atoms with Crippen LogP contribution in [0.15, 0.2) is 47.6 Å². The van der Waals surface area contributed by atoms with E-state index in [0.29, 0.717) is 5.69 Å². The van der Waals surface area contributed by atoms with E-state index < -0.39 is 27.0 Å². The molecule has 0 bridgehead atoms. The molecule has 3 heterocycles. The number of rotatable bonds is 6. The number of carbonyl (C=O) groups is 1. The van der Waals surface area contributed by atoms with Gasteiger partial charge in [0.1, 0.15) is 22.2 Å². The maximum atomic E-state index is 13.0. The van der Waals surface area contributed by atoms with Crippen LogP contribution in [0.5, 0.6) is 5.75 Å². The van der Waals surface area contributed by atoms with Crippen LogP contribution in [-0.2, 0) is 14.8 Å². The zero-order valence-electron chi connectivity index (χ0n) is 22.2. The third kappa shape index (κ3) is 6.32. The lowest BCUT2D eigenvalue weighted by Gasteiger charge is -2.39. The Kier molecular flexibility index (Phi) is 7.15. The van der Waals surface area contributed by atoms with E-state index in [1.54, 1.807) is 64.0 Å². The van der Waals surface area contributed by atoms with Gasteiger partial charge in [-0.3, -0.25) is 9.12 Å². The first-order valence-corrected chi connectivity index (χ1v) is 14.4. The average molecular weight is 547 g/mol. The van der Waals surface area contributed by atoms with Gasteiger partial charge in [0.25, 0.3) is 0 Å². The molecule has 0 spiro atoms. The zero-order chi connectivity index (χ0) is 27.2. The van der Waals surface area contributed by atoms with Crippen molar-refractivity contribution in [1.82, 2.24) is 14.3 Å². The van der Waals surface area contributed by atoms with Crippen molar-refractivity contribution in [2.24, 2.45) is 0 Å². The van der Waals surface area contributed by atoms with E-state index in [0.717, 1.165) is 27.5 Å². The van der Waals surface area contributed by atoms with Crippen molar-refractivity contribution in [3.8, 4) is 17.0 Å². The second kappa shape index (κ2) is 9.75. The summed E-state index contributed by atoms with van der Waals surface area (Å²) in [4.78, 5) is 19.1. The van der Waals surface area contributed by atoms with Crippen molar-refractivity contribution >= 4 is 39.2 Å². The third-order valence-corrected chi connectivity index (χ3v) is 8.40. The number of fused-ring (bicyclic) bond motifs is 1. The monoisotopic (exact) mass is 546 g/mol. The predicted octanol–water partition coefficient (Wildman–Crippen LogP) is 5.26. The van der Waals surface area contributed by atoms with Crippen molar-refractivity contribution < 1.29 is 22.7 Å². The molecule has 0 atom stereocenters. The van der Waals surface area contributed by atoms with Crippen LogP contribution in [0.4, 0.5) is 10.5 Å². The lowest BCUT2D eigenvalue weighted by molar-refractivity contribution is 0.0139. The van der Waals surface area contributed by atoms with Gasteiger partial charge in [-0.1, -0.05) is 32.9 Å². The van der Waals surface area contributed by atoms with Gasteiger partial charge in [0.15, 0.2) is 0 Å². The minimum atomic E-state index is -3.69. The van der Waals surface area contributed by atoms with Crippen molar-refractivity contribution in [1.29, 1.82) is 0 Å². The number of likely N-dealkylation sites (tertiary alicyclic amines) is 1. The fourth-order valence-electron chi connectivity index (χ4n) is 3.87. The number of hydrogen-bond acceptors (Lipinski definition) is 7. The van der Waals surface area contributed by atoms with Crippen LogP contribution in [0.25, 0.3) is 16.9 Å². The highest BCUT2D eigenvalue weighted by molar-refractivity contribution is 8.00. The van der Waals surface area contributed by atoms with Crippen LogP contribution in [0.1, 0.15) is 41.5 Å². The number of imidazole rings is 1. The Hall–Kier alpha value is -2.92. The number of amides is 1. The number of methoxy groups -OCH3 is 1. The molecular formula is C26H34N4O5S2. The highest BCUT2D eigenvalue weighted by Gasteiger charge is 2.41. The Bertz CT molecular complexity index is 1410. The number of anilines is 1. The largest absolute Gasteiger partial charge is 0.495 e. The highest BCUT2D eigenvalue weighted by Crippen LogP contribution is 2.39. The summed E-state index contributed by atoms with van der Waals surface area (Å²) in [5, 5.41) is -0.705. The fraction of sp³-hybridized carbons (Fsp3) is 0.462. The summed E-state index contributed by atoms with van der Waals surface area (Å²) in [5.74, 6) is 0.756. The molecule has 1 fully saturated rings. The van der Waals surface area contributed by atoms with Crippen LogP contribution < -0.4 is 9.46 Å². The van der Waals surface area contributed by atoms with Crippen LogP contribution >= 0.6 is 11.8 Å². The summed E-state index contributed by atoms with van der Waals surface area (Å²) in [5.41, 5.74) is 2.19. The van der Waals surface area contributed by atoms with Gasteiger partial charge in [0, 0.05) is 41.4 Å². The molecule has 0 radical (unpaired) electrons. The number of sulfonamides is 1. The van der Waals surface area contributed by atoms with E-state index in [1.807, 2.05) is 22.7 Å². The maximum absolute atomic E-state index is 13.0. The predicted molar refractivity (Wildman–Crippen MR) is 147 cm³/mol. The van der Waals surface area contributed by atoms with E-state index in [-0.39, 0.29) is 17.8 Å². The fourth-order valence-corrected chi connectivity index (χ4v) is 6.30. The molecule has 1 aliphatic heterocycles. The highest BCUT2D eigenvalue weighted by atomic mass is 32.2. The molecule has 1 N–H and O–H groups in total. The topological polar surface area (TPSA) is 102 Å². The second-order valence-electron chi connectivity index (χ2n) is 11.0. The van der Waals surface area contributed by atoms with Gasteiger partial charge in [-0.2, -0.15) is 0 Å². The first-order valence-electron chi connectivity index (χ1n) is 12.0. The third-order valence-electron chi connectivity index (χ3n) is 5.57. The molecule has 1 saturated heterocycles. The summed E-state index contributed by atoms with van der Waals surface area (Å²) in [6.45, 7) is 11.9. The number of aromatic nitrogens is 2. The Morgan fingerprint density at radius 1 is 1.14 bits per heavy atom. The minimum Gasteiger partial charge on any atom is -0.495 e. The molecule has 11 heteroatoms. The van der Waals surface area contributed by atoms with Crippen LogP contribution in [0.3, 0.4) is 0 Å². The molecule has 0 saturated carbocycles. The number of benzene rings is 1. The quantitative estimate of drug-likeness (QED) is 0.421. The maximum Gasteiger partial charge on any atom is 0.410 e. The first kappa shape index (κ1) is 27.1. The van der Waals surface area contributed by atoms with Gasteiger partial charge < -0.3 is 14.4 Å². The number of carbonyl (C=O) groups excluding carboxylic acids is 1. The Balaban J connectivity index is 1.54. The minimum absolute atomic E-state index is 0.0134. The molecule has 200 valence electrons. The summed E-state index contributed by atoms with van der Waals surface area (Å²) in [6.07, 6.45) is 3.26. The van der Waals surface area contributed by atoms with Gasteiger partial charge in [0.2, 0.25) is 10.0 Å². The Labute approximate surface area is 222 Å². The van der Waals surface area contributed by atoms with E-state index in [2.05, 4.69) is 30.5 Å². The Morgan fingerprint density at radius 2 is 1.84 bits per heavy atom. The molecule has 0 aliphatic carbocycles. The molecule has 0 unspecified atom stereocenters. The van der Waals surface area contributed by atoms with Crippen molar-refractivity contribution in [2.45, 2.75) is 62.0 Å². The SMILES string of the molecule is COc1cc2ncc(-c3cccc(NS(=O)(=O)C4CN(C(=O)OC(C)(C)C)C4)c3)n2cc1SC(C)(C)C. The number of hydrogen-bond donors (Lipinski definition) is 1. The molecule has 1 amide bonds. The van der Waals surface area contributed by atoms with Crippen molar-refractivity contribution in [3.63, 3.8) is 0 Å². The number of nitrogens with one attached hydrogen (secondary N) is 1. The van der Waals surface area contributed by atoms with Crippen molar-refractivity contribution in [2.75, 3.05) is 24.9 Å². The van der Waals surface area contributed by atoms with Gasteiger partial charge >= 0.3 is 6.09 Å². The lowest BCUT2D eigenvalue weighted by atomic mass is 10.1. The number of ether oxygens (including phenoxy) is 2. The second-order valence-corrected chi connectivity index (χ2v) is 14.9. The van der Waals surface area contributed by atoms with Crippen LogP contribution in [0, 0.1) is 0 Å². The van der Waals surface area contributed by atoms with E-state index >= 15 is 0 Å². The molecule has 37 heavy (non-hydrogen) atoms. The lowest BCUT2D eigenvalue weighted by Crippen LogP contribution is -2.58. The molecule has 3 aromatic rings. The van der Waals surface area contributed by atoms with E-state index in [9.17, 15) is 13.2 Å². The van der Waals surface area contributed by atoms with Crippen LogP contribution in [-0.4, -0.2) is 64.6 Å². The van der Waals surface area contributed by atoms with E-state index in [4.69, 9.17) is 9.47 Å². The first-order chi connectivity index (χ1) is 17.1. The van der Waals surface area contributed by atoms with Crippen LogP contribution in [0.2, 0.25) is 0 Å². The summed E-state index contributed by atoms with van der Waals surface area (Å²) in [6, 6.07) is 9.10. The molecule has 4 rings (SSSR count). The molecular weight excluding hydrogens is 512 g/mol. The zero-order valence-corrected chi connectivity index (χ0v) is 23.9. The van der Waals surface area contributed by atoms with Gasteiger partial charge in [-0.25, -0.2) is 18.2 Å². The summed E-state index contributed by atoms with van der Waals surface area (Å²) >= 11 is 1.70. The van der Waals surface area contributed by atoms with Gasteiger partial charge in [-0.05, 0) is 32.9 Å². The molecule has 2 aromatic heterocycles.